The SMILES string of the molecule is CS(=O)(=O)c1ccc(CNC(=O)/C=C/c2cn(Cc3ccccc3)nc2-c2ccccc2)cc1. The summed E-state index contributed by atoms with van der Waals surface area (Å²) in [6.45, 7) is 0.927. The first-order valence-corrected chi connectivity index (χ1v) is 12.7. The van der Waals surface area contributed by atoms with Crippen LogP contribution in [0.2, 0.25) is 0 Å². The van der Waals surface area contributed by atoms with Crippen molar-refractivity contribution in [3.05, 3.63) is 114 Å². The Labute approximate surface area is 199 Å². The summed E-state index contributed by atoms with van der Waals surface area (Å²) in [6, 6.07) is 26.4. The average Bonchev–Trinajstić information content (AvgIpc) is 3.25. The van der Waals surface area contributed by atoms with E-state index < -0.39 is 9.84 Å². The molecule has 172 valence electrons. The van der Waals surface area contributed by atoms with Gasteiger partial charge in [0.2, 0.25) is 5.91 Å². The molecule has 4 aromatic rings. The van der Waals surface area contributed by atoms with Crippen molar-refractivity contribution in [2.24, 2.45) is 0 Å². The first-order valence-electron chi connectivity index (χ1n) is 10.8. The number of hydrogen-bond donors (Lipinski definition) is 1. The monoisotopic (exact) mass is 471 g/mol. The van der Waals surface area contributed by atoms with Crippen LogP contribution in [0.5, 0.6) is 0 Å². The fourth-order valence-corrected chi connectivity index (χ4v) is 4.13. The minimum absolute atomic E-state index is 0.248. The molecule has 0 fully saturated rings. The van der Waals surface area contributed by atoms with Gasteiger partial charge in [0.1, 0.15) is 0 Å². The Morgan fingerprint density at radius 1 is 0.912 bits per heavy atom. The lowest BCUT2D eigenvalue weighted by Crippen LogP contribution is -2.20. The molecular formula is C27H25N3O3S. The van der Waals surface area contributed by atoms with Crippen molar-refractivity contribution in [2.45, 2.75) is 18.0 Å². The van der Waals surface area contributed by atoms with E-state index in [1.807, 2.05) is 59.4 Å². The number of rotatable bonds is 8. The smallest absolute Gasteiger partial charge is 0.244 e. The molecule has 1 N–H and O–H groups in total. The maximum Gasteiger partial charge on any atom is 0.244 e. The Kier molecular flexibility index (Phi) is 7.04. The molecule has 1 heterocycles. The zero-order valence-electron chi connectivity index (χ0n) is 18.8. The number of sulfone groups is 1. The summed E-state index contributed by atoms with van der Waals surface area (Å²) in [5.74, 6) is -0.248. The number of nitrogens with one attached hydrogen (secondary N) is 1. The summed E-state index contributed by atoms with van der Waals surface area (Å²) in [5, 5.41) is 7.59. The molecule has 3 aromatic carbocycles. The van der Waals surface area contributed by atoms with Gasteiger partial charge in [0.25, 0.3) is 0 Å². The second-order valence-corrected chi connectivity index (χ2v) is 9.97. The first-order chi connectivity index (χ1) is 16.4. The van der Waals surface area contributed by atoms with E-state index in [0.717, 1.165) is 27.9 Å². The van der Waals surface area contributed by atoms with Crippen molar-refractivity contribution in [3.63, 3.8) is 0 Å². The number of nitrogens with zero attached hydrogens (tertiary/aromatic N) is 2. The highest BCUT2D eigenvalue weighted by molar-refractivity contribution is 7.90. The molecule has 0 radical (unpaired) electrons. The minimum atomic E-state index is -3.24. The van der Waals surface area contributed by atoms with Gasteiger partial charge in [-0.05, 0) is 29.3 Å². The standard InChI is InChI=1S/C27H25N3O3S/c1-34(32,33)25-15-12-21(13-16-25)18-28-26(31)17-14-24-20-30(19-22-8-4-2-5-9-22)29-27(24)23-10-6-3-7-11-23/h2-17,20H,18-19H2,1H3,(H,28,31)/b17-14+. The van der Waals surface area contributed by atoms with E-state index in [-0.39, 0.29) is 10.8 Å². The predicted molar refractivity (Wildman–Crippen MR) is 134 cm³/mol. The number of aromatic nitrogens is 2. The third-order valence-corrected chi connectivity index (χ3v) is 6.39. The molecule has 7 heteroatoms. The lowest BCUT2D eigenvalue weighted by atomic mass is 10.1. The molecule has 4 rings (SSSR count). The Hall–Kier alpha value is -3.97. The Bertz CT molecular complexity index is 1390. The van der Waals surface area contributed by atoms with Crippen molar-refractivity contribution in [1.82, 2.24) is 15.1 Å². The Morgan fingerprint density at radius 2 is 1.56 bits per heavy atom. The van der Waals surface area contributed by atoms with Crippen LogP contribution in [-0.2, 0) is 27.7 Å². The molecule has 6 nitrogen and oxygen atoms in total. The summed E-state index contributed by atoms with van der Waals surface area (Å²) < 4.78 is 25.0. The molecule has 0 atom stereocenters. The quantitative estimate of drug-likeness (QED) is 0.388. The minimum Gasteiger partial charge on any atom is -0.348 e. The van der Waals surface area contributed by atoms with E-state index >= 15 is 0 Å². The van der Waals surface area contributed by atoms with E-state index in [0.29, 0.717) is 13.1 Å². The third kappa shape index (κ3) is 6.08. The number of benzene rings is 3. The van der Waals surface area contributed by atoms with Crippen LogP contribution >= 0.6 is 0 Å². The van der Waals surface area contributed by atoms with Gasteiger partial charge in [0.05, 0.1) is 17.1 Å². The van der Waals surface area contributed by atoms with Gasteiger partial charge in [0.15, 0.2) is 9.84 Å². The molecule has 0 bridgehead atoms. The summed E-state index contributed by atoms with van der Waals surface area (Å²) >= 11 is 0. The molecule has 0 unspecified atom stereocenters. The van der Waals surface area contributed by atoms with Crippen LogP contribution in [-0.4, -0.2) is 30.4 Å². The fourth-order valence-electron chi connectivity index (χ4n) is 3.50. The van der Waals surface area contributed by atoms with Crippen LogP contribution in [0.1, 0.15) is 16.7 Å². The van der Waals surface area contributed by atoms with E-state index in [1.54, 1.807) is 30.3 Å². The predicted octanol–water partition coefficient (Wildman–Crippen LogP) is 4.33. The van der Waals surface area contributed by atoms with E-state index in [1.165, 1.54) is 12.3 Å². The number of carbonyl (C=O) groups is 1. The molecule has 0 aliphatic rings. The zero-order valence-corrected chi connectivity index (χ0v) is 19.6. The second kappa shape index (κ2) is 10.3. The van der Waals surface area contributed by atoms with Crippen LogP contribution in [0.3, 0.4) is 0 Å². The number of amides is 1. The molecule has 1 amide bonds. The van der Waals surface area contributed by atoms with Crippen LogP contribution in [0.15, 0.2) is 102 Å². The van der Waals surface area contributed by atoms with Crippen molar-refractivity contribution in [2.75, 3.05) is 6.26 Å². The van der Waals surface area contributed by atoms with Crippen LogP contribution in [0.4, 0.5) is 0 Å². The topological polar surface area (TPSA) is 81.1 Å². The van der Waals surface area contributed by atoms with Crippen molar-refractivity contribution in [1.29, 1.82) is 0 Å². The normalized spacial score (nSPS) is 11.6. The molecule has 0 saturated heterocycles. The summed E-state index contributed by atoms with van der Waals surface area (Å²) in [5.41, 5.74) is 4.57. The highest BCUT2D eigenvalue weighted by Crippen LogP contribution is 2.23. The van der Waals surface area contributed by atoms with Gasteiger partial charge in [-0.25, -0.2) is 8.42 Å². The van der Waals surface area contributed by atoms with Crippen LogP contribution in [0, 0.1) is 0 Å². The molecular weight excluding hydrogens is 446 g/mol. The Balaban J connectivity index is 1.48. The average molecular weight is 472 g/mol. The van der Waals surface area contributed by atoms with Crippen LogP contribution < -0.4 is 5.32 Å². The Morgan fingerprint density at radius 3 is 2.21 bits per heavy atom. The lowest BCUT2D eigenvalue weighted by molar-refractivity contribution is -0.116. The van der Waals surface area contributed by atoms with E-state index in [2.05, 4.69) is 17.4 Å². The zero-order chi connectivity index (χ0) is 24.0. The molecule has 34 heavy (non-hydrogen) atoms. The van der Waals surface area contributed by atoms with E-state index in [9.17, 15) is 13.2 Å². The molecule has 1 aromatic heterocycles. The highest BCUT2D eigenvalue weighted by atomic mass is 32.2. The first kappa shape index (κ1) is 23.2. The second-order valence-electron chi connectivity index (χ2n) is 7.95. The summed E-state index contributed by atoms with van der Waals surface area (Å²) in [4.78, 5) is 12.7. The van der Waals surface area contributed by atoms with Crippen molar-refractivity contribution < 1.29 is 13.2 Å². The number of hydrogen-bond acceptors (Lipinski definition) is 4. The number of carbonyl (C=O) groups excluding carboxylic acids is 1. The highest BCUT2D eigenvalue weighted by Gasteiger charge is 2.10. The van der Waals surface area contributed by atoms with Crippen molar-refractivity contribution >= 4 is 21.8 Å². The van der Waals surface area contributed by atoms with Gasteiger partial charge in [-0.2, -0.15) is 5.10 Å². The maximum absolute atomic E-state index is 12.4. The van der Waals surface area contributed by atoms with Gasteiger partial charge in [-0.3, -0.25) is 9.48 Å². The lowest BCUT2D eigenvalue weighted by Gasteiger charge is -2.04. The molecule has 0 saturated carbocycles. The third-order valence-electron chi connectivity index (χ3n) is 5.26. The summed E-state index contributed by atoms with van der Waals surface area (Å²) in [6.07, 6.45) is 6.35. The van der Waals surface area contributed by atoms with Gasteiger partial charge < -0.3 is 5.32 Å². The summed E-state index contributed by atoms with van der Waals surface area (Å²) in [7, 11) is -3.24. The van der Waals surface area contributed by atoms with E-state index in [4.69, 9.17) is 5.10 Å². The fraction of sp³-hybridized carbons (Fsp3) is 0.111. The van der Waals surface area contributed by atoms with Gasteiger partial charge in [-0.1, -0.05) is 72.8 Å². The molecule has 0 aliphatic carbocycles. The van der Waals surface area contributed by atoms with Crippen LogP contribution in [0.25, 0.3) is 17.3 Å². The largest absolute Gasteiger partial charge is 0.348 e. The molecule has 0 spiro atoms. The molecule has 0 aliphatic heterocycles. The van der Waals surface area contributed by atoms with Gasteiger partial charge >= 0.3 is 0 Å². The van der Waals surface area contributed by atoms with Crippen molar-refractivity contribution in [3.8, 4) is 11.3 Å². The maximum atomic E-state index is 12.4. The van der Waals surface area contributed by atoms with Gasteiger partial charge in [-0.15, -0.1) is 0 Å². The van der Waals surface area contributed by atoms with Gasteiger partial charge in [0, 0.05) is 36.2 Å².